The average molecular weight is 429 g/mol. The third kappa shape index (κ3) is 6.56. The standard InChI is InChI=1S/C23H21ClN2O2.ClH/c1-27-21-11-7-19(8-12-21)25-16-15-23(17-3-5-18(24)6-4-17)26-20-9-13-22(28-2)14-10-20;/h3-16,26H,1-2H3;1H/b23-15+,25-16?;. The fourth-order valence-corrected chi connectivity index (χ4v) is 2.70. The number of methoxy groups -OCH3 is 2. The van der Waals surface area contributed by atoms with E-state index < -0.39 is 0 Å². The lowest BCUT2D eigenvalue weighted by molar-refractivity contribution is -0.346. The van der Waals surface area contributed by atoms with E-state index in [1.165, 1.54) is 0 Å². The van der Waals surface area contributed by atoms with Crippen molar-refractivity contribution in [2.45, 2.75) is 0 Å². The maximum Gasteiger partial charge on any atom is 0.203 e. The van der Waals surface area contributed by atoms with Gasteiger partial charge in [-0.15, -0.1) is 0 Å². The van der Waals surface area contributed by atoms with E-state index in [4.69, 9.17) is 21.1 Å². The van der Waals surface area contributed by atoms with Gasteiger partial charge in [0.1, 0.15) is 11.5 Å². The molecule has 0 bridgehead atoms. The van der Waals surface area contributed by atoms with Gasteiger partial charge in [-0.3, -0.25) is 0 Å². The number of rotatable bonds is 7. The molecule has 4 nitrogen and oxygen atoms in total. The Hall–Kier alpha value is -2.95. The molecule has 0 heterocycles. The van der Waals surface area contributed by atoms with Crippen LogP contribution in [0.3, 0.4) is 0 Å². The van der Waals surface area contributed by atoms with Gasteiger partial charge in [0.25, 0.3) is 0 Å². The van der Waals surface area contributed by atoms with Crippen molar-refractivity contribution in [1.82, 2.24) is 0 Å². The summed E-state index contributed by atoms with van der Waals surface area (Å²) in [4.78, 5) is 3.27. The van der Waals surface area contributed by atoms with Gasteiger partial charge in [0.05, 0.1) is 19.9 Å². The molecule has 0 spiro atoms. The Balaban J connectivity index is 0.00000300. The molecular formula is C23H22Cl2N2O2. The first-order valence-corrected chi connectivity index (χ1v) is 9.17. The summed E-state index contributed by atoms with van der Waals surface area (Å²) in [6.07, 6.45) is 3.87. The number of allylic oxidation sites excluding steroid dienone is 1. The minimum Gasteiger partial charge on any atom is -1.00 e. The van der Waals surface area contributed by atoms with Gasteiger partial charge in [0.15, 0.2) is 6.21 Å². The summed E-state index contributed by atoms with van der Waals surface area (Å²) in [7, 11) is 3.31. The topological polar surface area (TPSA) is 44.5 Å². The molecule has 150 valence electrons. The second kappa shape index (κ2) is 11.1. The molecule has 0 aliphatic carbocycles. The molecule has 0 atom stereocenters. The molecule has 0 aliphatic rings. The van der Waals surface area contributed by atoms with Crippen molar-refractivity contribution in [1.29, 1.82) is 0 Å². The van der Waals surface area contributed by atoms with Crippen LogP contribution in [0.5, 0.6) is 11.5 Å². The van der Waals surface area contributed by atoms with E-state index in [0.29, 0.717) is 5.02 Å². The molecular weight excluding hydrogens is 407 g/mol. The van der Waals surface area contributed by atoms with Crippen LogP contribution in [0.25, 0.3) is 5.70 Å². The molecule has 0 aromatic heterocycles. The van der Waals surface area contributed by atoms with E-state index in [1.807, 2.05) is 85.1 Å². The second-order valence-corrected chi connectivity index (χ2v) is 6.42. The number of nitrogens with one attached hydrogen (secondary N) is 2. The Morgan fingerprint density at radius 3 is 1.93 bits per heavy atom. The zero-order chi connectivity index (χ0) is 19.8. The van der Waals surface area contributed by atoms with Crippen LogP contribution < -0.4 is 32.2 Å². The summed E-state index contributed by atoms with van der Waals surface area (Å²) in [5.74, 6) is 1.64. The van der Waals surface area contributed by atoms with Crippen LogP contribution >= 0.6 is 11.6 Å². The lowest BCUT2D eigenvalue weighted by atomic mass is 10.1. The maximum atomic E-state index is 6.03. The minimum absolute atomic E-state index is 0. The summed E-state index contributed by atoms with van der Waals surface area (Å²) >= 11 is 6.03. The maximum absolute atomic E-state index is 6.03. The van der Waals surface area contributed by atoms with Gasteiger partial charge < -0.3 is 27.2 Å². The van der Waals surface area contributed by atoms with E-state index in [2.05, 4.69) is 10.3 Å². The van der Waals surface area contributed by atoms with Crippen LogP contribution in [0.4, 0.5) is 11.4 Å². The van der Waals surface area contributed by atoms with Crippen LogP contribution in [0, 0.1) is 0 Å². The van der Waals surface area contributed by atoms with Crippen LogP contribution in [0.1, 0.15) is 5.56 Å². The average Bonchev–Trinajstić information content (AvgIpc) is 2.74. The molecule has 0 saturated carbocycles. The Morgan fingerprint density at radius 1 is 0.828 bits per heavy atom. The van der Waals surface area contributed by atoms with Gasteiger partial charge in [-0.2, -0.15) is 0 Å². The Bertz CT molecular complexity index is 952. The lowest BCUT2D eigenvalue weighted by Crippen LogP contribution is -3.00. The number of halogens is 2. The van der Waals surface area contributed by atoms with Gasteiger partial charge in [0, 0.05) is 28.9 Å². The molecule has 29 heavy (non-hydrogen) atoms. The van der Waals surface area contributed by atoms with Crippen molar-refractivity contribution in [3.63, 3.8) is 0 Å². The molecule has 6 heteroatoms. The van der Waals surface area contributed by atoms with Gasteiger partial charge in [-0.05, 0) is 54.1 Å². The third-order valence-electron chi connectivity index (χ3n) is 4.11. The number of anilines is 1. The molecule has 3 rings (SSSR count). The number of ether oxygens (including phenoxy) is 2. The highest BCUT2D eigenvalue weighted by atomic mass is 35.5. The highest BCUT2D eigenvalue weighted by Gasteiger charge is 2.04. The number of hydrogen-bond acceptors (Lipinski definition) is 3. The Morgan fingerprint density at radius 2 is 1.38 bits per heavy atom. The van der Waals surface area contributed by atoms with E-state index in [-0.39, 0.29) is 12.4 Å². The smallest absolute Gasteiger partial charge is 0.203 e. The molecule has 0 unspecified atom stereocenters. The minimum atomic E-state index is 0. The Kier molecular flexibility index (Phi) is 8.59. The van der Waals surface area contributed by atoms with Gasteiger partial charge in [-0.25, -0.2) is 4.99 Å². The first-order chi connectivity index (χ1) is 13.7. The van der Waals surface area contributed by atoms with Crippen molar-refractivity contribution in [2.75, 3.05) is 19.5 Å². The number of hydrogen-bond donors (Lipinski definition) is 2. The molecule has 0 fully saturated rings. The summed E-state index contributed by atoms with van der Waals surface area (Å²) in [5, 5.41) is 4.14. The lowest BCUT2D eigenvalue weighted by Gasteiger charge is -2.11. The quantitative estimate of drug-likeness (QED) is 0.557. The first-order valence-electron chi connectivity index (χ1n) is 8.79. The monoisotopic (exact) mass is 428 g/mol. The Labute approximate surface area is 182 Å². The van der Waals surface area contributed by atoms with Crippen molar-refractivity contribution < 1.29 is 26.9 Å². The van der Waals surface area contributed by atoms with Crippen molar-refractivity contribution in [3.05, 3.63) is 89.5 Å². The zero-order valence-electron chi connectivity index (χ0n) is 16.2. The van der Waals surface area contributed by atoms with Crippen LogP contribution in [0.2, 0.25) is 5.02 Å². The fourth-order valence-electron chi connectivity index (χ4n) is 2.58. The summed E-state index contributed by atoms with van der Waals surface area (Å²) in [6, 6.07) is 23.2. The molecule has 0 saturated heterocycles. The van der Waals surface area contributed by atoms with Crippen LogP contribution in [-0.4, -0.2) is 20.4 Å². The molecule has 3 aromatic carbocycles. The van der Waals surface area contributed by atoms with Crippen LogP contribution in [0.15, 0.2) is 78.9 Å². The third-order valence-corrected chi connectivity index (χ3v) is 4.37. The number of benzene rings is 3. The molecule has 2 N–H and O–H groups in total. The summed E-state index contributed by atoms with van der Waals surface area (Å²) in [5.41, 5.74) is 3.88. The molecule has 0 radical (unpaired) electrons. The van der Waals surface area contributed by atoms with Crippen molar-refractivity contribution >= 4 is 34.9 Å². The van der Waals surface area contributed by atoms with E-state index >= 15 is 0 Å². The predicted molar refractivity (Wildman–Crippen MR) is 116 cm³/mol. The first kappa shape index (κ1) is 22.3. The zero-order valence-corrected chi connectivity index (χ0v) is 17.7. The predicted octanol–water partition coefficient (Wildman–Crippen LogP) is 1.30. The summed E-state index contributed by atoms with van der Waals surface area (Å²) < 4.78 is 10.4. The van der Waals surface area contributed by atoms with Gasteiger partial charge in [-0.1, -0.05) is 23.7 Å². The fraction of sp³-hybridized carbons (Fsp3) is 0.0870. The highest BCUT2D eigenvalue weighted by Crippen LogP contribution is 2.22. The van der Waals surface area contributed by atoms with Gasteiger partial charge in [0.2, 0.25) is 5.69 Å². The SMILES string of the molecule is COc1ccc(N/C(=C/C=[NH+]c2ccc(OC)cc2)c2ccc(Cl)cc2)cc1.[Cl-]. The van der Waals surface area contributed by atoms with Crippen molar-refractivity contribution in [2.24, 2.45) is 0 Å². The second-order valence-electron chi connectivity index (χ2n) is 5.98. The van der Waals surface area contributed by atoms with Crippen LogP contribution in [-0.2, 0) is 0 Å². The van der Waals surface area contributed by atoms with E-state index in [1.54, 1.807) is 14.2 Å². The molecule has 3 aromatic rings. The summed E-state index contributed by atoms with van der Waals surface area (Å²) in [6.45, 7) is 0. The molecule has 0 aliphatic heterocycles. The normalized spacial score (nSPS) is 11.1. The van der Waals surface area contributed by atoms with Gasteiger partial charge >= 0.3 is 0 Å². The molecule has 0 amide bonds. The van der Waals surface area contributed by atoms with E-state index in [9.17, 15) is 0 Å². The van der Waals surface area contributed by atoms with E-state index in [0.717, 1.165) is 34.1 Å². The largest absolute Gasteiger partial charge is 1.00 e. The van der Waals surface area contributed by atoms with Crippen molar-refractivity contribution in [3.8, 4) is 11.5 Å². The highest BCUT2D eigenvalue weighted by molar-refractivity contribution is 6.30.